The number of fused-ring (bicyclic) bond motifs is 1. The maximum absolute atomic E-state index is 4.71. The molecule has 3 aromatic rings. The Morgan fingerprint density at radius 2 is 1.96 bits per heavy atom. The van der Waals surface area contributed by atoms with Gasteiger partial charge in [-0.25, -0.2) is 4.68 Å². The number of aromatic nitrogens is 3. The molecule has 0 N–H and O–H groups in total. The Hall–Kier alpha value is -2.68. The number of nitrogens with zero attached hydrogens (tertiary/aromatic N) is 3. The molecule has 0 bridgehead atoms. The Balaban J connectivity index is 1.40. The third kappa shape index (κ3) is 2.91. The van der Waals surface area contributed by atoms with Crippen LogP contribution in [0.25, 0.3) is 5.69 Å². The lowest BCUT2D eigenvalue weighted by atomic mass is 9.78. The van der Waals surface area contributed by atoms with E-state index in [1.807, 2.05) is 18.5 Å². The number of aryl methyl sites for hydroxylation is 1. The summed E-state index contributed by atoms with van der Waals surface area (Å²) in [6.45, 7) is 2.38. The van der Waals surface area contributed by atoms with Crippen molar-refractivity contribution in [1.29, 1.82) is 0 Å². The van der Waals surface area contributed by atoms with E-state index in [2.05, 4.69) is 59.2 Å². The number of benzene rings is 1. The molecule has 2 aliphatic rings. The highest BCUT2D eigenvalue weighted by atomic mass is 15.3. The molecule has 0 saturated heterocycles. The molecule has 3 heteroatoms. The second-order valence-electron chi connectivity index (χ2n) is 7.89. The molecule has 2 atom stereocenters. The zero-order valence-electron chi connectivity index (χ0n) is 15.8. The minimum atomic E-state index is 0.484. The molecule has 1 aromatic carbocycles. The van der Waals surface area contributed by atoms with Gasteiger partial charge in [-0.3, -0.25) is 4.98 Å². The Morgan fingerprint density at radius 1 is 1.07 bits per heavy atom. The summed E-state index contributed by atoms with van der Waals surface area (Å²) in [4.78, 5) is 4.27. The molecule has 0 aliphatic heterocycles. The average molecular weight is 355 g/mol. The summed E-state index contributed by atoms with van der Waals surface area (Å²) < 4.78 is 2.10. The summed E-state index contributed by atoms with van der Waals surface area (Å²) in [7, 11) is 0. The summed E-state index contributed by atoms with van der Waals surface area (Å²) >= 11 is 0. The van der Waals surface area contributed by atoms with E-state index in [9.17, 15) is 0 Å². The number of allylic oxidation sites excluding steroid dienone is 2. The molecule has 0 fully saturated rings. The molecular weight excluding hydrogens is 330 g/mol. The first-order valence-electron chi connectivity index (χ1n) is 10.0. The van der Waals surface area contributed by atoms with Crippen LogP contribution in [0.1, 0.15) is 48.9 Å². The lowest BCUT2D eigenvalue weighted by molar-refractivity contribution is 0.528. The van der Waals surface area contributed by atoms with Crippen molar-refractivity contribution in [1.82, 2.24) is 14.8 Å². The van der Waals surface area contributed by atoms with Crippen molar-refractivity contribution in [3.05, 3.63) is 89.0 Å². The van der Waals surface area contributed by atoms with Crippen molar-refractivity contribution in [2.45, 2.75) is 44.9 Å². The van der Waals surface area contributed by atoms with E-state index < -0.39 is 0 Å². The van der Waals surface area contributed by atoms with Crippen LogP contribution in [-0.2, 0) is 12.8 Å². The van der Waals surface area contributed by atoms with Crippen molar-refractivity contribution in [3.8, 4) is 5.69 Å². The lowest BCUT2D eigenvalue weighted by Gasteiger charge is -2.27. The van der Waals surface area contributed by atoms with Crippen molar-refractivity contribution < 1.29 is 0 Å². The van der Waals surface area contributed by atoms with Crippen molar-refractivity contribution in [2.75, 3.05) is 0 Å². The zero-order valence-corrected chi connectivity index (χ0v) is 15.8. The Kier molecular flexibility index (Phi) is 4.16. The highest BCUT2D eigenvalue weighted by molar-refractivity contribution is 5.46. The summed E-state index contributed by atoms with van der Waals surface area (Å²) in [5.74, 6) is 1.21. The molecule has 0 saturated carbocycles. The molecule has 2 aromatic heterocycles. The van der Waals surface area contributed by atoms with Crippen molar-refractivity contribution in [3.63, 3.8) is 0 Å². The van der Waals surface area contributed by atoms with E-state index in [0.717, 1.165) is 18.0 Å². The van der Waals surface area contributed by atoms with E-state index in [1.54, 1.807) is 11.1 Å². The van der Waals surface area contributed by atoms with Gasteiger partial charge in [0.05, 0.1) is 23.8 Å². The number of hydrogen-bond acceptors (Lipinski definition) is 2. The number of pyridine rings is 1. The predicted octanol–water partition coefficient (Wildman–Crippen LogP) is 5.27. The van der Waals surface area contributed by atoms with Gasteiger partial charge in [-0.2, -0.15) is 5.10 Å². The second-order valence-corrected chi connectivity index (χ2v) is 7.89. The monoisotopic (exact) mass is 355 g/mol. The summed E-state index contributed by atoms with van der Waals surface area (Å²) in [6, 6.07) is 15.0. The van der Waals surface area contributed by atoms with Gasteiger partial charge in [-0.05, 0) is 49.3 Å². The highest BCUT2D eigenvalue weighted by Crippen LogP contribution is 2.48. The molecule has 0 radical (unpaired) electrons. The molecule has 5 rings (SSSR count). The first kappa shape index (κ1) is 16.5. The second kappa shape index (κ2) is 6.80. The van der Waals surface area contributed by atoms with E-state index in [1.165, 1.54) is 42.5 Å². The predicted molar refractivity (Wildman–Crippen MR) is 108 cm³/mol. The van der Waals surface area contributed by atoms with Gasteiger partial charge >= 0.3 is 0 Å². The molecule has 2 aliphatic carbocycles. The summed E-state index contributed by atoms with van der Waals surface area (Å²) in [6.07, 6.45) is 11.9. The largest absolute Gasteiger partial charge is 0.262 e. The van der Waals surface area contributed by atoms with Crippen LogP contribution >= 0.6 is 0 Å². The van der Waals surface area contributed by atoms with Gasteiger partial charge in [0, 0.05) is 24.1 Å². The van der Waals surface area contributed by atoms with Gasteiger partial charge in [0.25, 0.3) is 0 Å². The first-order valence-corrected chi connectivity index (χ1v) is 10.0. The zero-order chi connectivity index (χ0) is 18.2. The standard InChI is InChI=1S/C24H25N3/c1-17-22-16-26-27(21-8-5-13-25-15-21)23(22)14-20-12-11-19(24(17)20)10-9-18-6-3-2-4-7-18/h2-8,13,15-17,19H,9-12,14H2,1H3/t17-,19+/m0/s1. The summed E-state index contributed by atoms with van der Waals surface area (Å²) in [5.41, 5.74) is 8.67. The molecule has 3 nitrogen and oxygen atoms in total. The Bertz CT molecular complexity index is 969. The fourth-order valence-corrected chi connectivity index (χ4v) is 5.07. The lowest BCUT2D eigenvalue weighted by Crippen LogP contribution is -2.16. The number of rotatable bonds is 4. The van der Waals surface area contributed by atoms with Gasteiger partial charge in [-0.1, -0.05) is 48.4 Å². The molecule has 136 valence electrons. The molecule has 27 heavy (non-hydrogen) atoms. The number of hydrogen-bond donors (Lipinski definition) is 0. The SMILES string of the molecule is C[C@@H]1C2=C(CC[C@H]2CCc2ccccc2)Cc2c1cnn2-c1cccnc1. The van der Waals surface area contributed by atoms with Gasteiger partial charge in [-0.15, -0.1) is 0 Å². The van der Waals surface area contributed by atoms with E-state index in [4.69, 9.17) is 5.10 Å². The Labute approximate surface area is 160 Å². The van der Waals surface area contributed by atoms with Crippen LogP contribution < -0.4 is 0 Å². The maximum Gasteiger partial charge on any atom is 0.0832 e. The van der Waals surface area contributed by atoms with Gasteiger partial charge in [0.15, 0.2) is 0 Å². The van der Waals surface area contributed by atoms with Gasteiger partial charge < -0.3 is 0 Å². The molecule has 0 spiro atoms. The molecule has 0 amide bonds. The van der Waals surface area contributed by atoms with Crippen molar-refractivity contribution in [2.24, 2.45) is 5.92 Å². The van der Waals surface area contributed by atoms with Crippen LogP contribution in [0.15, 0.2) is 72.2 Å². The van der Waals surface area contributed by atoms with Crippen molar-refractivity contribution >= 4 is 0 Å². The van der Waals surface area contributed by atoms with Gasteiger partial charge in [0.1, 0.15) is 0 Å². The van der Waals surface area contributed by atoms with Crippen LogP contribution in [0, 0.1) is 5.92 Å². The van der Waals surface area contributed by atoms with E-state index >= 15 is 0 Å². The minimum absolute atomic E-state index is 0.484. The topological polar surface area (TPSA) is 30.7 Å². The Morgan fingerprint density at radius 3 is 2.78 bits per heavy atom. The van der Waals surface area contributed by atoms with E-state index in [0.29, 0.717) is 5.92 Å². The average Bonchev–Trinajstić information content (AvgIpc) is 3.33. The maximum atomic E-state index is 4.71. The normalized spacial score (nSPS) is 21.2. The third-order valence-corrected chi connectivity index (χ3v) is 6.37. The van der Waals surface area contributed by atoms with Gasteiger partial charge in [0.2, 0.25) is 0 Å². The molecular formula is C24H25N3. The quantitative estimate of drug-likeness (QED) is 0.597. The third-order valence-electron chi connectivity index (χ3n) is 6.37. The highest BCUT2D eigenvalue weighted by Gasteiger charge is 2.35. The van der Waals surface area contributed by atoms with Crippen LogP contribution in [-0.4, -0.2) is 14.8 Å². The molecule has 2 heterocycles. The van der Waals surface area contributed by atoms with Crippen LogP contribution in [0.5, 0.6) is 0 Å². The van der Waals surface area contributed by atoms with E-state index in [-0.39, 0.29) is 0 Å². The van der Waals surface area contributed by atoms with Crippen LogP contribution in [0.2, 0.25) is 0 Å². The molecule has 0 unspecified atom stereocenters. The van der Waals surface area contributed by atoms with Crippen LogP contribution in [0.4, 0.5) is 0 Å². The summed E-state index contributed by atoms with van der Waals surface area (Å²) in [5, 5.41) is 4.71. The smallest absolute Gasteiger partial charge is 0.0832 e. The fraction of sp³-hybridized carbons (Fsp3) is 0.333. The minimum Gasteiger partial charge on any atom is -0.262 e. The fourth-order valence-electron chi connectivity index (χ4n) is 5.07. The van der Waals surface area contributed by atoms with Crippen LogP contribution in [0.3, 0.4) is 0 Å². The first-order chi connectivity index (χ1) is 13.3.